The van der Waals surface area contributed by atoms with Crippen molar-refractivity contribution in [2.24, 2.45) is 9.98 Å². The van der Waals surface area contributed by atoms with Crippen LogP contribution in [0.1, 0.15) is 25.7 Å². The molecule has 4 nitrogen and oxygen atoms in total. The molecule has 0 bridgehead atoms. The molecule has 0 unspecified atom stereocenters. The van der Waals surface area contributed by atoms with Gasteiger partial charge in [0, 0.05) is 24.0 Å². The summed E-state index contributed by atoms with van der Waals surface area (Å²) in [5.74, 6) is 0. The summed E-state index contributed by atoms with van der Waals surface area (Å²) in [6.45, 7) is 14.9. The summed E-state index contributed by atoms with van der Waals surface area (Å²) in [6, 6.07) is 29.7. The van der Waals surface area contributed by atoms with Gasteiger partial charge < -0.3 is 8.85 Å². The summed E-state index contributed by atoms with van der Waals surface area (Å²) in [4.78, 5) is 10.7. The highest BCUT2D eigenvalue weighted by Crippen LogP contribution is 2.29. The number of aliphatic imine (C=N–C) groups is 2. The monoisotopic (exact) mass is 568 g/mol. The Morgan fingerprint density at radius 3 is 1.30 bits per heavy atom. The molecule has 0 saturated carbocycles. The van der Waals surface area contributed by atoms with Crippen molar-refractivity contribution in [3.05, 3.63) is 84.9 Å². The summed E-state index contributed by atoms with van der Waals surface area (Å²) < 4.78 is 12.4. The van der Waals surface area contributed by atoms with E-state index in [2.05, 4.69) is 124 Å². The number of hydrogen-bond acceptors (Lipinski definition) is 4. The van der Waals surface area contributed by atoms with Gasteiger partial charge in [-0.3, -0.25) is 9.98 Å². The molecular formula is C34H44N2O2Si2. The van der Waals surface area contributed by atoms with E-state index in [0.717, 1.165) is 72.5 Å². The molecule has 0 fully saturated rings. The Kier molecular flexibility index (Phi) is 10.2. The van der Waals surface area contributed by atoms with Crippen LogP contribution in [-0.2, 0) is 8.85 Å². The number of fused-ring (bicyclic) bond motifs is 2. The Labute approximate surface area is 242 Å². The van der Waals surface area contributed by atoms with Crippen LogP contribution >= 0.6 is 0 Å². The molecule has 0 heterocycles. The highest BCUT2D eigenvalue weighted by Gasteiger charge is 2.17. The molecule has 0 saturated heterocycles. The van der Waals surface area contributed by atoms with Gasteiger partial charge in [-0.15, -0.1) is 0 Å². The molecular weight excluding hydrogens is 525 g/mol. The van der Waals surface area contributed by atoms with Crippen LogP contribution in [-0.4, -0.2) is 41.3 Å². The van der Waals surface area contributed by atoms with Crippen LogP contribution in [0.5, 0.6) is 0 Å². The zero-order valence-electron chi connectivity index (χ0n) is 25.0. The van der Waals surface area contributed by atoms with Crippen LogP contribution in [0.15, 0.2) is 94.9 Å². The molecule has 0 aliphatic rings. The maximum atomic E-state index is 6.22. The van der Waals surface area contributed by atoms with Gasteiger partial charge in [0.1, 0.15) is 0 Å². The fourth-order valence-electron chi connectivity index (χ4n) is 4.67. The van der Waals surface area contributed by atoms with Gasteiger partial charge in [0.2, 0.25) is 0 Å². The zero-order chi connectivity index (χ0) is 28.6. The van der Waals surface area contributed by atoms with Gasteiger partial charge in [0.25, 0.3) is 0 Å². The van der Waals surface area contributed by atoms with E-state index in [1.807, 2.05) is 0 Å². The van der Waals surface area contributed by atoms with Crippen molar-refractivity contribution in [1.82, 2.24) is 0 Å². The third-order valence-electron chi connectivity index (χ3n) is 6.56. The Balaban J connectivity index is 1.76. The van der Waals surface area contributed by atoms with Gasteiger partial charge in [-0.2, -0.15) is 0 Å². The first-order chi connectivity index (χ1) is 19.1. The van der Waals surface area contributed by atoms with Gasteiger partial charge in [0.15, 0.2) is 16.6 Å². The number of rotatable bonds is 13. The topological polar surface area (TPSA) is 43.2 Å². The lowest BCUT2D eigenvalue weighted by Gasteiger charge is -2.19. The van der Waals surface area contributed by atoms with E-state index in [1.165, 1.54) is 10.8 Å². The second kappa shape index (κ2) is 13.6. The predicted molar refractivity (Wildman–Crippen MR) is 179 cm³/mol. The molecule has 6 heteroatoms. The Morgan fingerprint density at radius 1 is 0.525 bits per heavy atom. The SMILES string of the molecule is C[Si](C)(C)OCCCC(=Nc1cccc2ccccc12)C(CCCO[Si](C)(C)C)=Nc1cccc2ccccc12. The molecule has 210 valence electrons. The van der Waals surface area contributed by atoms with Crippen LogP contribution < -0.4 is 0 Å². The summed E-state index contributed by atoms with van der Waals surface area (Å²) in [5, 5.41) is 4.71. The van der Waals surface area contributed by atoms with Crippen molar-refractivity contribution in [2.45, 2.75) is 65.0 Å². The van der Waals surface area contributed by atoms with E-state index in [4.69, 9.17) is 18.8 Å². The van der Waals surface area contributed by atoms with Crippen molar-refractivity contribution in [2.75, 3.05) is 13.2 Å². The van der Waals surface area contributed by atoms with Crippen molar-refractivity contribution in [1.29, 1.82) is 0 Å². The lowest BCUT2D eigenvalue weighted by molar-refractivity contribution is 0.306. The van der Waals surface area contributed by atoms with Gasteiger partial charge in [-0.25, -0.2) is 0 Å². The molecule has 0 aliphatic heterocycles. The average Bonchev–Trinajstić information content (AvgIpc) is 2.91. The van der Waals surface area contributed by atoms with Crippen LogP contribution in [0.4, 0.5) is 11.4 Å². The first-order valence-electron chi connectivity index (χ1n) is 14.5. The molecule has 4 aromatic rings. The van der Waals surface area contributed by atoms with E-state index >= 15 is 0 Å². The molecule has 0 aromatic heterocycles. The van der Waals surface area contributed by atoms with Gasteiger partial charge in [-0.05, 0) is 87.9 Å². The number of benzene rings is 4. The molecule has 0 N–H and O–H groups in total. The normalized spacial score (nSPS) is 13.3. The maximum Gasteiger partial charge on any atom is 0.183 e. The summed E-state index contributed by atoms with van der Waals surface area (Å²) in [6.07, 6.45) is 3.44. The van der Waals surface area contributed by atoms with Crippen LogP contribution in [0, 0.1) is 0 Å². The van der Waals surface area contributed by atoms with Crippen molar-refractivity contribution in [3.8, 4) is 0 Å². The summed E-state index contributed by atoms with van der Waals surface area (Å²) >= 11 is 0. The largest absolute Gasteiger partial charge is 0.418 e. The van der Waals surface area contributed by atoms with E-state index in [1.54, 1.807) is 0 Å². The number of hydrogen-bond donors (Lipinski definition) is 0. The summed E-state index contributed by atoms with van der Waals surface area (Å²) in [5.41, 5.74) is 4.05. The molecule has 4 rings (SSSR count). The molecule has 40 heavy (non-hydrogen) atoms. The minimum absolute atomic E-state index is 0.741. The Bertz CT molecular complexity index is 1360. The minimum atomic E-state index is -1.58. The van der Waals surface area contributed by atoms with E-state index < -0.39 is 16.6 Å². The van der Waals surface area contributed by atoms with E-state index in [0.29, 0.717) is 0 Å². The summed E-state index contributed by atoms with van der Waals surface area (Å²) in [7, 11) is -3.17. The Hall–Kier alpha value is -2.91. The fourth-order valence-corrected chi connectivity index (χ4v) is 6.18. The molecule has 0 spiro atoms. The van der Waals surface area contributed by atoms with Crippen molar-refractivity contribution < 1.29 is 8.85 Å². The van der Waals surface area contributed by atoms with Gasteiger partial charge in [-0.1, -0.05) is 72.8 Å². The highest BCUT2D eigenvalue weighted by atomic mass is 28.4. The second-order valence-electron chi connectivity index (χ2n) is 12.2. The molecule has 0 radical (unpaired) electrons. The lowest BCUT2D eigenvalue weighted by atomic mass is 10.0. The highest BCUT2D eigenvalue weighted by molar-refractivity contribution is 6.70. The lowest BCUT2D eigenvalue weighted by Crippen LogP contribution is -2.27. The fraction of sp³-hybridized carbons (Fsp3) is 0.353. The van der Waals surface area contributed by atoms with E-state index in [9.17, 15) is 0 Å². The molecule has 0 atom stereocenters. The third-order valence-corrected chi connectivity index (χ3v) is 8.70. The molecule has 4 aromatic carbocycles. The first kappa shape index (κ1) is 30.1. The third kappa shape index (κ3) is 9.06. The predicted octanol–water partition coefficient (Wildman–Crippen LogP) is 10.1. The van der Waals surface area contributed by atoms with Crippen LogP contribution in [0.2, 0.25) is 39.3 Å². The first-order valence-corrected chi connectivity index (χ1v) is 21.3. The van der Waals surface area contributed by atoms with Gasteiger partial charge in [0.05, 0.1) is 22.8 Å². The van der Waals surface area contributed by atoms with Gasteiger partial charge >= 0.3 is 0 Å². The Morgan fingerprint density at radius 2 is 0.900 bits per heavy atom. The molecule has 0 aliphatic carbocycles. The second-order valence-corrected chi connectivity index (χ2v) is 21.3. The smallest absolute Gasteiger partial charge is 0.183 e. The van der Waals surface area contributed by atoms with Crippen molar-refractivity contribution >= 4 is 61.0 Å². The van der Waals surface area contributed by atoms with Crippen molar-refractivity contribution in [3.63, 3.8) is 0 Å². The average molecular weight is 569 g/mol. The minimum Gasteiger partial charge on any atom is -0.418 e. The quantitative estimate of drug-likeness (QED) is 0.0915. The standard InChI is InChI=1S/C34H44N2O2Si2/c1-39(2,3)37-25-13-23-33(35-31-21-11-17-27-15-7-9-19-29(27)31)34(24-14-26-38-40(4,5)6)36-32-22-12-18-28-16-8-10-20-30(28)32/h7-12,15-22H,13-14,23-26H2,1-6H3. The maximum absolute atomic E-state index is 6.22. The number of nitrogens with zero attached hydrogens (tertiary/aromatic N) is 2. The molecule has 0 amide bonds. The van der Waals surface area contributed by atoms with Crippen LogP contribution in [0.25, 0.3) is 21.5 Å². The zero-order valence-corrected chi connectivity index (χ0v) is 27.0. The van der Waals surface area contributed by atoms with E-state index in [-0.39, 0.29) is 0 Å². The van der Waals surface area contributed by atoms with Crippen LogP contribution in [0.3, 0.4) is 0 Å².